The summed E-state index contributed by atoms with van der Waals surface area (Å²) in [6.45, 7) is 7.24. The summed E-state index contributed by atoms with van der Waals surface area (Å²) in [7, 11) is 1.41. The number of methoxy groups -OCH3 is 1. The Bertz CT molecular complexity index is 1120. The molecule has 0 saturated heterocycles. The van der Waals surface area contributed by atoms with E-state index < -0.39 is 11.8 Å². The predicted octanol–water partition coefficient (Wildman–Crippen LogP) is 5.26. The average Bonchev–Trinajstić information content (AvgIpc) is 3.16. The lowest BCUT2D eigenvalue weighted by Crippen LogP contribution is -2.24. The van der Waals surface area contributed by atoms with Crippen LogP contribution < -0.4 is 9.64 Å². The van der Waals surface area contributed by atoms with Crippen molar-refractivity contribution in [3.05, 3.63) is 69.5 Å². The number of esters is 1. The maximum absolute atomic E-state index is 14.1. The van der Waals surface area contributed by atoms with Crippen LogP contribution in [-0.2, 0) is 16.1 Å². The highest BCUT2D eigenvalue weighted by Crippen LogP contribution is 2.34. The zero-order valence-corrected chi connectivity index (χ0v) is 18.8. The minimum atomic E-state index is -0.802. The largest absolute Gasteiger partial charge is 0.497 e. The quantitative estimate of drug-likeness (QED) is 0.487. The number of amides is 1. The van der Waals surface area contributed by atoms with E-state index in [1.165, 1.54) is 37.5 Å². The van der Waals surface area contributed by atoms with Crippen molar-refractivity contribution in [3.63, 3.8) is 0 Å². The Morgan fingerprint density at radius 2 is 1.81 bits per heavy atom. The smallest absolute Gasteiger partial charge is 0.341 e. The van der Waals surface area contributed by atoms with Gasteiger partial charge in [-0.3, -0.25) is 9.69 Å². The lowest BCUT2D eigenvalue weighted by molar-refractivity contribution is -0.115. The van der Waals surface area contributed by atoms with E-state index in [0.717, 1.165) is 28.4 Å². The second-order valence-electron chi connectivity index (χ2n) is 7.15. The Hall–Kier alpha value is -3.26. The van der Waals surface area contributed by atoms with Gasteiger partial charge in [-0.25, -0.2) is 14.2 Å². The van der Waals surface area contributed by atoms with Gasteiger partial charge in [0.05, 0.1) is 24.1 Å². The first-order valence-electron chi connectivity index (χ1n) is 9.55. The van der Waals surface area contributed by atoms with Gasteiger partial charge in [0.1, 0.15) is 18.2 Å². The molecular weight excluding hydrogens is 419 g/mol. The molecule has 8 heteroatoms. The SMILES string of the molecule is COc1ccc(C(=O)OCc2csc(N(C(C)=O)c3c(C)cc(C)cc3C)n2)c(F)c1. The van der Waals surface area contributed by atoms with Crippen LogP contribution in [-0.4, -0.2) is 24.0 Å². The van der Waals surface area contributed by atoms with Crippen LogP contribution in [0.2, 0.25) is 0 Å². The molecule has 0 radical (unpaired) electrons. The third-order valence-corrected chi connectivity index (χ3v) is 5.53. The van der Waals surface area contributed by atoms with Gasteiger partial charge in [-0.15, -0.1) is 11.3 Å². The summed E-state index contributed by atoms with van der Waals surface area (Å²) in [5.41, 5.74) is 4.11. The first kappa shape index (κ1) is 22.4. The number of benzene rings is 2. The Labute approximate surface area is 184 Å². The second-order valence-corrected chi connectivity index (χ2v) is 7.98. The number of hydrogen-bond donors (Lipinski definition) is 0. The highest BCUT2D eigenvalue weighted by Gasteiger charge is 2.22. The van der Waals surface area contributed by atoms with Gasteiger partial charge in [-0.05, 0) is 44.0 Å². The van der Waals surface area contributed by atoms with Crippen molar-refractivity contribution in [1.29, 1.82) is 0 Å². The monoisotopic (exact) mass is 442 g/mol. The predicted molar refractivity (Wildman–Crippen MR) is 118 cm³/mol. The highest BCUT2D eigenvalue weighted by atomic mass is 32.1. The van der Waals surface area contributed by atoms with E-state index in [2.05, 4.69) is 4.98 Å². The van der Waals surface area contributed by atoms with Crippen LogP contribution in [0.4, 0.5) is 15.2 Å². The molecular formula is C23H23FN2O4S. The second kappa shape index (κ2) is 9.26. The number of nitrogens with zero attached hydrogens (tertiary/aromatic N) is 2. The number of carbonyl (C=O) groups is 2. The topological polar surface area (TPSA) is 68.7 Å². The van der Waals surface area contributed by atoms with Gasteiger partial charge in [-0.2, -0.15) is 0 Å². The summed E-state index contributed by atoms with van der Waals surface area (Å²) in [5.74, 6) is -1.39. The number of halogens is 1. The number of rotatable bonds is 6. The summed E-state index contributed by atoms with van der Waals surface area (Å²) in [6.07, 6.45) is 0. The van der Waals surface area contributed by atoms with Gasteiger partial charge in [0.2, 0.25) is 5.91 Å². The number of aromatic nitrogens is 1. The fourth-order valence-corrected chi connectivity index (χ4v) is 4.24. The number of anilines is 2. The number of aryl methyl sites for hydroxylation is 3. The Kier molecular flexibility index (Phi) is 6.70. The molecule has 1 amide bonds. The molecule has 31 heavy (non-hydrogen) atoms. The van der Waals surface area contributed by atoms with Crippen molar-refractivity contribution < 1.29 is 23.5 Å². The Balaban J connectivity index is 1.79. The molecule has 0 aliphatic rings. The molecule has 0 atom stereocenters. The zero-order valence-electron chi connectivity index (χ0n) is 18.0. The fourth-order valence-electron chi connectivity index (χ4n) is 3.38. The van der Waals surface area contributed by atoms with E-state index in [4.69, 9.17) is 9.47 Å². The molecule has 1 aromatic heterocycles. The maximum atomic E-state index is 14.1. The normalized spacial score (nSPS) is 10.6. The van der Waals surface area contributed by atoms with E-state index in [0.29, 0.717) is 16.6 Å². The van der Waals surface area contributed by atoms with Crippen molar-refractivity contribution in [1.82, 2.24) is 4.98 Å². The molecule has 0 N–H and O–H groups in total. The first-order chi connectivity index (χ1) is 14.7. The molecule has 3 rings (SSSR count). The average molecular weight is 443 g/mol. The zero-order chi connectivity index (χ0) is 22.7. The summed E-state index contributed by atoms with van der Waals surface area (Å²) in [5, 5.41) is 2.19. The van der Waals surface area contributed by atoms with Crippen molar-refractivity contribution in [2.45, 2.75) is 34.3 Å². The Morgan fingerprint density at radius 1 is 1.13 bits per heavy atom. The summed E-state index contributed by atoms with van der Waals surface area (Å²) < 4.78 is 24.2. The number of carbonyl (C=O) groups excluding carboxylic acids is 2. The van der Waals surface area contributed by atoms with Gasteiger partial charge in [-0.1, -0.05) is 17.7 Å². The molecule has 0 saturated carbocycles. The van der Waals surface area contributed by atoms with Gasteiger partial charge >= 0.3 is 5.97 Å². The van der Waals surface area contributed by atoms with Gasteiger partial charge < -0.3 is 9.47 Å². The summed E-state index contributed by atoms with van der Waals surface area (Å²) in [4.78, 5) is 30.7. The molecule has 0 fully saturated rings. The van der Waals surface area contributed by atoms with Crippen molar-refractivity contribution in [3.8, 4) is 5.75 Å². The van der Waals surface area contributed by atoms with Crippen LogP contribution >= 0.6 is 11.3 Å². The van der Waals surface area contributed by atoms with Gasteiger partial charge in [0, 0.05) is 18.4 Å². The highest BCUT2D eigenvalue weighted by molar-refractivity contribution is 7.14. The van der Waals surface area contributed by atoms with E-state index in [1.54, 1.807) is 10.3 Å². The summed E-state index contributed by atoms with van der Waals surface area (Å²) in [6, 6.07) is 7.94. The van der Waals surface area contributed by atoms with Gasteiger partial charge in [0.15, 0.2) is 5.13 Å². The third kappa shape index (κ3) is 4.91. The van der Waals surface area contributed by atoms with Crippen LogP contribution in [0.25, 0.3) is 0 Å². The van der Waals surface area contributed by atoms with E-state index in [9.17, 15) is 14.0 Å². The van der Waals surface area contributed by atoms with Crippen LogP contribution in [0.1, 0.15) is 39.7 Å². The fraction of sp³-hybridized carbons (Fsp3) is 0.261. The molecule has 6 nitrogen and oxygen atoms in total. The maximum Gasteiger partial charge on any atom is 0.341 e. The van der Waals surface area contributed by atoms with Crippen LogP contribution in [0, 0.1) is 26.6 Å². The molecule has 1 heterocycles. The van der Waals surface area contributed by atoms with E-state index >= 15 is 0 Å². The first-order valence-corrected chi connectivity index (χ1v) is 10.4. The van der Waals surface area contributed by atoms with Crippen molar-refractivity contribution in [2.24, 2.45) is 0 Å². The standard InChI is InChI=1S/C23H23FN2O4S/c1-13-8-14(2)21(15(3)9-13)26(16(4)27)23-25-17(12-31-23)11-30-22(28)19-7-6-18(29-5)10-20(19)24/h6-10,12H,11H2,1-5H3. The molecule has 3 aromatic rings. The van der Waals surface area contributed by atoms with Gasteiger partial charge in [0.25, 0.3) is 0 Å². The number of thiazole rings is 1. The molecule has 0 aliphatic heterocycles. The van der Waals surface area contributed by atoms with Crippen molar-refractivity contribution in [2.75, 3.05) is 12.0 Å². The lowest BCUT2D eigenvalue weighted by atomic mass is 10.0. The lowest BCUT2D eigenvalue weighted by Gasteiger charge is -2.23. The molecule has 0 bridgehead atoms. The molecule has 0 aliphatic carbocycles. The molecule has 0 unspecified atom stereocenters. The number of ether oxygens (including phenoxy) is 2. The van der Waals surface area contributed by atoms with E-state index in [-0.39, 0.29) is 18.1 Å². The van der Waals surface area contributed by atoms with Crippen LogP contribution in [0.15, 0.2) is 35.7 Å². The summed E-state index contributed by atoms with van der Waals surface area (Å²) >= 11 is 1.27. The minimum Gasteiger partial charge on any atom is -0.497 e. The van der Waals surface area contributed by atoms with Crippen LogP contribution in [0.3, 0.4) is 0 Å². The molecule has 0 spiro atoms. The molecule has 162 valence electrons. The van der Waals surface area contributed by atoms with Crippen LogP contribution in [0.5, 0.6) is 5.75 Å². The minimum absolute atomic E-state index is 0.140. The molecule has 2 aromatic carbocycles. The number of hydrogen-bond acceptors (Lipinski definition) is 6. The van der Waals surface area contributed by atoms with E-state index in [1.807, 2.05) is 32.9 Å². The third-order valence-electron chi connectivity index (χ3n) is 4.65. The van der Waals surface area contributed by atoms with Crippen molar-refractivity contribution >= 4 is 34.0 Å². The Morgan fingerprint density at radius 3 is 2.39 bits per heavy atom.